The predicted molar refractivity (Wildman–Crippen MR) is 47.6 cm³/mol. The van der Waals surface area contributed by atoms with Crippen molar-refractivity contribution in [3.8, 4) is 0 Å². The van der Waals surface area contributed by atoms with Crippen LogP contribution in [0.25, 0.3) is 0 Å². The molecule has 0 rings (SSSR count). The van der Waals surface area contributed by atoms with E-state index in [4.69, 9.17) is 5.73 Å². The molecule has 0 bridgehead atoms. The SMILES string of the molecule is CC(C)(C)S[Se](=O)CCN. The van der Waals surface area contributed by atoms with Crippen LogP contribution in [0, 0.1) is 0 Å². The average molecular weight is 228 g/mol. The van der Waals surface area contributed by atoms with Crippen LogP contribution in [0.1, 0.15) is 20.8 Å². The summed E-state index contributed by atoms with van der Waals surface area (Å²) in [7, 11) is 1.57. The molecular formula is C6H15NOSSe. The predicted octanol–water partition coefficient (Wildman–Crippen LogP) is 1.40. The molecule has 10 heavy (non-hydrogen) atoms. The van der Waals surface area contributed by atoms with Crippen molar-refractivity contribution in [3.63, 3.8) is 0 Å². The molecule has 4 heteroatoms. The Balaban J connectivity index is 3.58. The molecule has 0 radical (unpaired) electrons. The third-order valence-electron chi connectivity index (χ3n) is 0.627. The summed E-state index contributed by atoms with van der Waals surface area (Å²) in [6.07, 6.45) is 0. The zero-order valence-corrected chi connectivity index (χ0v) is 9.25. The van der Waals surface area contributed by atoms with Gasteiger partial charge in [0.1, 0.15) is 0 Å². The first kappa shape index (κ1) is 10.6. The molecule has 0 aromatic carbocycles. The van der Waals surface area contributed by atoms with Crippen molar-refractivity contribution in [3.05, 3.63) is 0 Å². The van der Waals surface area contributed by atoms with Crippen molar-refractivity contribution in [2.75, 3.05) is 6.54 Å². The Labute approximate surface area is 70.1 Å². The van der Waals surface area contributed by atoms with Gasteiger partial charge in [-0.2, -0.15) is 0 Å². The van der Waals surface area contributed by atoms with E-state index in [1.54, 1.807) is 10.2 Å². The Morgan fingerprint density at radius 2 is 2.00 bits per heavy atom. The summed E-state index contributed by atoms with van der Waals surface area (Å²) < 4.78 is 11.3. The van der Waals surface area contributed by atoms with E-state index in [0.29, 0.717) is 11.9 Å². The molecule has 0 spiro atoms. The third-order valence-corrected chi connectivity index (χ3v) is 7.69. The monoisotopic (exact) mass is 229 g/mol. The Hall–Kier alpha value is 0.629. The van der Waals surface area contributed by atoms with E-state index in [0.717, 1.165) is 0 Å². The summed E-state index contributed by atoms with van der Waals surface area (Å²) in [4.78, 5) is 0. The van der Waals surface area contributed by atoms with Crippen LogP contribution in [-0.4, -0.2) is 24.0 Å². The van der Waals surface area contributed by atoms with Crippen LogP contribution in [0.4, 0.5) is 0 Å². The molecule has 0 aliphatic heterocycles. The van der Waals surface area contributed by atoms with Gasteiger partial charge < -0.3 is 0 Å². The van der Waals surface area contributed by atoms with E-state index in [1.165, 1.54) is 0 Å². The first-order chi connectivity index (χ1) is 4.45. The quantitative estimate of drug-likeness (QED) is 0.742. The standard InChI is InChI=1S/C6H15NOSSe/c1-6(2,3)9-10(8)5-4-7/h4-5,7H2,1-3H3. The Kier molecular flexibility index (Phi) is 4.78. The molecule has 0 aromatic heterocycles. The van der Waals surface area contributed by atoms with Crippen LogP contribution >= 0.6 is 10.2 Å². The van der Waals surface area contributed by atoms with Crippen LogP contribution in [-0.2, 0) is 3.83 Å². The minimum absolute atomic E-state index is 0.127. The minimum atomic E-state index is -1.66. The molecule has 0 saturated carbocycles. The molecule has 0 heterocycles. The summed E-state index contributed by atoms with van der Waals surface area (Å²) in [6, 6.07) is 0. The van der Waals surface area contributed by atoms with Crippen molar-refractivity contribution in [1.29, 1.82) is 0 Å². The maximum atomic E-state index is 11.1. The van der Waals surface area contributed by atoms with Gasteiger partial charge in [-0.05, 0) is 0 Å². The summed E-state index contributed by atoms with van der Waals surface area (Å²) in [6.45, 7) is 6.77. The van der Waals surface area contributed by atoms with Gasteiger partial charge in [0, 0.05) is 0 Å². The van der Waals surface area contributed by atoms with E-state index in [2.05, 4.69) is 20.8 Å². The van der Waals surface area contributed by atoms with E-state index in [9.17, 15) is 3.83 Å². The van der Waals surface area contributed by atoms with Crippen molar-refractivity contribution in [2.24, 2.45) is 5.73 Å². The van der Waals surface area contributed by atoms with Crippen molar-refractivity contribution < 1.29 is 3.83 Å². The number of hydrogen-bond donors (Lipinski definition) is 1. The zero-order valence-electron chi connectivity index (χ0n) is 6.72. The summed E-state index contributed by atoms with van der Waals surface area (Å²) in [5, 5.41) is 0.696. The Bertz CT molecular complexity index is 121. The Morgan fingerprint density at radius 1 is 1.50 bits per heavy atom. The van der Waals surface area contributed by atoms with Crippen LogP contribution in [0.15, 0.2) is 0 Å². The molecule has 0 fully saturated rings. The molecule has 0 aliphatic carbocycles. The summed E-state index contributed by atoms with van der Waals surface area (Å²) >= 11 is -1.66. The van der Waals surface area contributed by atoms with Crippen LogP contribution < -0.4 is 5.73 Å². The van der Waals surface area contributed by atoms with Gasteiger partial charge in [0.2, 0.25) is 0 Å². The molecule has 0 saturated heterocycles. The molecule has 0 aromatic rings. The van der Waals surface area contributed by atoms with Gasteiger partial charge in [-0.15, -0.1) is 0 Å². The number of rotatable bonds is 3. The van der Waals surface area contributed by atoms with E-state index in [1.807, 2.05) is 0 Å². The molecule has 62 valence electrons. The summed E-state index contributed by atoms with van der Waals surface area (Å²) in [5.41, 5.74) is 5.27. The molecule has 1 unspecified atom stereocenters. The van der Waals surface area contributed by atoms with Crippen LogP contribution in [0.2, 0.25) is 5.32 Å². The first-order valence-electron chi connectivity index (χ1n) is 3.23. The molecule has 1 atom stereocenters. The molecule has 0 aliphatic rings. The van der Waals surface area contributed by atoms with Gasteiger partial charge in [0.05, 0.1) is 0 Å². The maximum absolute atomic E-state index is 11.1. The second-order valence-electron chi connectivity index (χ2n) is 2.99. The second-order valence-corrected chi connectivity index (χ2v) is 9.50. The normalized spacial score (nSPS) is 15.2. The van der Waals surface area contributed by atoms with Crippen molar-refractivity contribution >= 4 is 22.9 Å². The van der Waals surface area contributed by atoms with Crippen molar-refractivity contribution in [1.82, 2.24) is 0 Å². The fourth-order valence-corrected chi connectivity index (χ4v) is 6.00. The fourth-order valence-electron chi connectivity index (χ4n) is 0.417. The number of nitrogens with two attached hydrogens (primary N) is 1. The first-order valence-corrected chi connectivity index (χ1v) is 7.98. The zero-order chi connectivity index (χ0) is 8.20. The van der Waals surface area contributed by atoms with Gasteiger partial charge in [-0.1, -0.05) is 0 Å². The second kappa shape index (κ2) is 4.50. The fraction of sp³-hybridized carbons (Fsp3) is 1.00. The van der Waals surface area contributed by atoms with Crippen LogP contribution in [0.3, 0.4) is 0 Å². The van der Waals surface area contributed by atoms with E-state index in [-0.39, 0.29) is 4.75 Å². The van der Waals surface area contributed by atoms with Gasteiger partial charge >= 0.3 is 69.8 Å². The van der Waals surface area contributed by atoms with Gasteiger partial charge in [-0.3, -0.25) is 0 Å². The van der Waals surface area contributed by atoms with Gasteiger partial charge in [-0.25, -0.2) is 0 Å². The van der Waals surface area contributed by atoms with E-state index >= 15 is 0 Å². The molecule has 2 N–H and O–H groups in total. The third kappa shape index (κ3) is 6.75. The molecule has 0 amide bonds. The average Bonchev–Trinajstić information content (AvgIpc) is 1.59. The molecular weight excluding hydrogens is 213 g/mol. The van der Waals surface area contributed by atoms with E-state index < -0.39 is 12.7 Å². The topological polar surface area (TPSA) is 43.1 Å². The van der Waals surface area contributed by atoms with Gasteiger partial charge in [0.15, 0.2) is 0 Å². The molecule has 2 nitrogen and oxygen atoms in total. The summed E-state index contributed by atoms with van der Waals surface area (Å²) in [5.74, 6) is 0. The van der Waals surface area contributed by atoms with Gasteiger partial charge in [0.25, 0.3) is 0 Å². The number of hydrogen-bond acceptors (Lipinski definition) is 3. The van der Waals surface area contributed by atoms with Crippen molar-refractivity contribution in [2.45, 2.75) is 30.8 Å². The Morgan fingerprint density at radius 3 is 2.30 bits per heavy atom. The van der Waals surface area contributed by atoms with Crippen LogP contribution in [0.5, 0.6) is 0 Å².